The lowest BCUT2D eigenvalue weighted by Crippen LogP contribution is -2.34. The van der Waals surface area contributed by atoms with E-state index in [-0.39, 0.29) is 22.6 Å². The van der Waals surface area contributed by atoms with E-state index in [2.05, 4.69) is 14.5 Å². The predicted molar refractivity (Wildman–Crippen MR) is 88.5 cm³/mol. The number of hydrogen-bond acceptors (Lipinski definition) is 11. The molecule has 16 heteroatoms. The standard InChI is InChI=1S/C10H12N3O9PS.2H3N/c14-4-3(1-21-23(18,19)20)22-9(5(4)15)13-7-6(24-10(13)17)8(16)12-2-11-7;;/h2-5,9,14-15H,1H2,(H,11,12,16)(H2,18,19,20);2*1H3/t3-,4-,5-,9-;;/m1../s1. The van der Waals surface area contributed by atoms with Crippen molar-refractivity contribution in [2.24, 2.45) is 0 Å². The molecule has 2 aromatic heterocycles. The maximum atomic E-state index is 12.1. The third kappa shape index (κ3) is 4.07. The van der Waals surface area contributed by atoms with E-state index >= 15 is 0 Å². The summed E-state index contributed by atoms with van der Waals surface area (Å²) in [6.45, 7) is -0.705. The molecule has 0 amide bonds. The van der Waals surface area contributed by atoms with Crippen molar-refractivity contribution in [3.8, 4) is 0 Å². The Morgan fingerprint density at radius 1 is 1.31 bits per heavy atom. The molecule has 1 saturated heterocycles. The van der Waals surface area contributed by atoms with Crippen LogP contribution in [0.4, 0.5) is 0 Å². The Balaban J connectivity index is 0.00000169. The van der Waals surface area contributed by atoms with Gasteiger partial charge in [-0.15, -0.1) is 0 Å². The highest BCUT2D eigenvalue weighted by Gasteiger charge is 2.45. The number of ether oxygens (including phenoxy) is 1. The van der Waals surface area contributed by atoms with E-state index in [9.17, 15) is 24.4 Å². The van der Waals surface area contributed by atoms with E-state index in [1.807, 2.05) is 0 Å². The van der Waals surface area contributed by atoms with Gasteiger partial charge in [0.15, 0.2) is 11.9 Å². The number of phosphoric acid groups is 1. The number of nitrogens with one attached hydrogen (secondary N) is 1. The van der Waals surface area contributed by atoms with Gasteiger partial charge in [0.2, 0.25) is 0 Å². The first-order chi connectivity index (χ1) is 11.2. The molecule has 0 unspecified atom stereocenters. The van der Waals surface area contributed by atoms with Gasteiger partial charge in [0.05, 0.1) is 12.9 Å². The number of nitrogens with zero attached hydrogens (tertiary/aromatic N) is 2. The fourth-order valence-electron chi connectivity index (χ4n) is 2.34. The molecule has 1 aliphatic rings. The van der Waals surface area contributed by atoms with Crippen LogP contribution in [0.5, 0.6) is 0 Å². The molecule has 0 saturated carbocycles. The molecule has 1 fully saturated rings. The number of phosphoric ester groups is 1. The highest BCUT2D eigenvalue weighted by Crippen LogP contribution is 2.38. The molecule has 0 spiro atoms. The largest absolute Gasteiger partial charge is 0.469 e. The minimum Gasteiger partial charge on any atom is -0.387 e. The van der Waals surface area contributed by atoms with Crippen LogP contribution in [-0.4, -0.2) is 59.5 Å². The quantitative estimate of drug-likeness (QED) is 0.273. The summed E-state index contributed by atoms with van der Waals surface area (Å²) in [6, 6.07) is 0. The summed E-state index contributed by atoms with van der Waals surface area (Å²) in [4.78, 5) is 46.7. The van der Waals surface area contributed by atoms with Gasteiger partial charge in [0, 0.05) is 0 Å². The van der Waals surface area contributed by atoms with E-state index in [1.165, 1.54) is 0 Å². The first kappa shape index (κ1) is 22.5. The number of H-pyrrole nitrogens is 1. The zero-order valence-corrected chi connectivity index (χ0v) is 14.8. The van der Waals surface area contributed by atoms with E-state index in [0.29, 0.717) is 11.3 Å². The molecule has 0 radical (unpaired) electrons. The van der Waals surface area contributed by atoms with Crippen molar-refractivity contribution in [2.45, 2.75) is 24.5 Å². The summed E-state index contributed by atoms with van der Waals surface area (Å²) in [5.74, 6) is 0. The first-order valence-electron chi connectivity index (χ1n) is 6.49. The van der Waals surface area contributed by atoms with Crippen LogP contribution in [0, 0.1) is 0 Å². The lowest BCUT2D eigenvalue weighted by molar-refractivity contribution is -0.0511. The fourth-order valence-corrected chi connectivity index (χ4v) is 3.54. The molecule has 0 bridgehead atoms. The van der Waals surface area contributed by atoms with Crippen LogP contribution in [0.15, 0.2) is 15.9 Å². The van der Waals surface area contributed by atoms with Crippen LogP contribution in [0.1, 0.15) is 6.23 Å². The van der Waals surface area contributed by atoms with Crippen LogP contribution < -0.4 is 22.7 Å². The maximum absolute atomic E-state index is 12.1. The summed E-state index contributed by atoms with van der Waals surface area (Å²) in [6.07, 6.45) is -4.76. The highest BCUT2D eigenvalue weighted by molar-refractivity contribution is 7.46. The van der Waals surface area contributed by atoms with Crippen molar-refractivity contribution in [1.82, 2.24) is 26.8 Å². The fraction of sp³-hybridized carbons (Fsp3) is 0.500. The normalized spacial score (nSPS) is 25.7. The highest BCUT2D eigenvalue weighted by atomic mass is 32.1. The van der Waals surface area contributed by atoms with Crippen molar-refractivity contribution >= 4 is 29.5 Å². The molecule has 0 aliphatic carbocycles. The second-order valence-corrected chi connectivity index (χ2v) is 7.16. The smallest absolute Gasteiger partial charge is 0.387 e. The second-order valence-electron chi connectivity index (χ2n) is 4.95. The maximum Gasteiger partial charge on any atom is 0.469 e. The average Bonchev–Trinajstić information content (AvgIpc) is 2.96. The number of fused-ring (bicyclic) bond motifs is 1. The number of aliphatic hydroxyl groups excluding tert-OH is 2. The van der Waals surface area contributed by atoms with Crippen molar-refractivity contribution in [3.63, 3.8) is 0 Å². The summed E-state index contributed by atoms with van der Waals surface area (Å²) in [7, 11) is -4.80. The minimum atomic E-state index is -4.80. The molecule has 2 aromatic rings. The molecule has 11 N–H and O–H groups in total. The molecule has 26 heavy (non-hydrogen) atoms. The third-order valence-electron chi connectivity index (χ3n) is 3.40. The molecular weight excluding hydrogens is 397 g/mol. The zero-order chi connectivity index (χ0) is 17.6. The Bertz CT molecular complexity index is 921. The number of thiazole rings is 1. The van der Waals surface area contributed by atoms with Gasteiger partial charge in [-0.1, -0.05) is 11.3 Å². The van der Waals surface area contributed by atoms with Gasteiger partial charge in [-0.05, 0) is 0 Å². The van der Waals surface area contributed by atoms with Gasteiger partial charge in [0.1, 0.15) is 23.0 Å². The Labute approximate surface area is 148 Å². The number of hydrogen-bond donors (Lipinski definition) is 7. The van der Waals surface area contributed by atoms with Gasteiger partial charge in [-0.2, -0.15) is 0 Å². The second kappa shape index (κ2) is 8.01. The third-order valence-corrected chi connectivity index (χ3v) is 4.83. The van der Waals surface area contributed by atoms with Crippen LogP contribution in [0.2, 0.25) is 0 Å². The first-order valence-corrected chi connectivity index (χ1v) is 8.84. The van der Waals surface area contributed by atoms with Crippen molar-refractivity contribution in [1.29, 1.82) is 0 Å². The summed E-state index contributed by atoms with van der Waals surface area (Å²) < 4.78 is 21.2. The molecular formula is C10H18N5O9PS. The molecule has 4 atom stereocenters. The molecule has 14 nitrogen and oxygen atoms in total. The van der Waals surface area contributed by atoms with Gasteiger partial charge in [0.25, 0.3) is 5.56 Å². The van der Waals surface area contributed by atoms with Gasteiger partial charge < -0.3 is 42.0 Å². The van der Waals surface area contributed by atoms with E-state index in [0.717, 1.165) is 10.9 Å². The van der Waals surface area contributed by atoms with Crippen LogP contribution in [-0.2, 0) is 13.8 Å². The number of aliphatic hydroxyl groups is 2. The Kier molecular flexibility index (Phi) is 6.94. The lowest BCUT2D eigenvalue weighted by atomic mass is 10.1. The topological polar surface area (TPSA) is 254 Å². The Hall–Kier alpha value is -1.52. The molecule has 148 valence electrons. The van der Waals surface area contributed by atoms with Gasteiger partial charge in [-0.3, -0.25) is 18.7 Å². The van der Waals surface area contributed by atoms with Gasteiger partial charge in [-0.25, -0.2) is 9.55 Å². The zero-order valence-electron chi connectivity index (χ0n) is 13.1. The number of aromatic amines is 1. The van der Waals surface area contributed by atoms with Gasteiger partial charge >= 0.3 is 12.7 Å². The molecule has 3 rings (SSSR count). The SMILES string of the molecule is N.N.O=c1[nH]cnc2c1sc(=O)n2[C@@H]1O[C@H](COP(=O)(O)O)[C@@H](O)[C@H]1O. The van der Waals surface area contributed by atoms with Crippen LogP contribution >= 0.6 is 19.2 Å². The molecule has 3 heterocycles. The monoisotopic (exact) mass is 415 g/mol. The summed E-state index contributed by atoms with van der Waals surface area (Å²) >= 11 is 0.587. The van der Waals surface area contributed by atoms with E-state index < -0.39 is 49.4 Å². The lowest BCUT2D eigenvalue weighted by Gasteiger charge is -2.15. The average molecular weight is 415 g/mol. The van der Waals surface area contributed by atoms with Crippen molar-refractivity contribution in [2.75, 3.05) is 6.61 Å². The molecule has 1 aliphatic heterocycles. The molecule has 0 aromatic carbocycles. The Morgan fingerprint density at radius 2 is 1.96 bits per heavy atom. The Morgan fingerprint density at radius 3 is 2.58 bits per heavy atom. The number of aromatic nitrogens is 3. The summed E-state index contributed by atoms with van der Waals surface area (Å²) in [5.41, 5.74) is -0.586. The van der Waals surface area contributed by atoms with Crippen LogP contribution in [0.25, 0.3) is 10.3 Å². The van der Waals surface area contributed by atoms with E-state index in [1.54, 1.807) is 0 Å². The van der Waals surface area contributed by atoms with Crippen molar-refractivity contribution < 1.29 is 33.8 Å². The summed E-state index contributed by atoms with van der Waals surface area (Å²) in [5, 5.41) is 20.0. The minimum absolute atomic E-state index is 0. The predicted octanol–water partition coefficient (Wildman–Crippen LogP) is -1.80. The van der Waals surface area contributed by atoms with Crippen molar-refractivity contribution in [3.05, 3.63) is 26.3 Å². The van der Waals surface area contributed by atoms with Crippen LogP contribution in [0.3, 0.4) is 0 Å². The van der Waals surface area contributed by atoms with E-state index in [4.69, 9.17) is 14.5 Å². The number of rotatable bonds is 4.